The summed E-state index contributed by atoms with van der Waals surface area (Å²) >= 11 is 0. The van der Waals surface area contributed by atoms with Gasteiger partial charge >= 0.3 is 0 Å². The Morgan fingerprint density at radius 1 is 0.842 bits per heavy atom. The molecule has 5 unspecified atom stereocenters. The van der Waals surface area contributed by atoms with Crippen molar-refractivity contribution in [2.45, 2.75) is 115 Å². The first-order chi connectivity index (χ1) is 18.5. The topological polar surface area (TPSA) is 38.8 Å². The Morgan fingerprint density at radius 3 is 2.37 bits per heavy atom. The molecule has 0 radical (unpaired) electrons. The van der Waals surface area contributed by atoms with Crippen LogP contribution in [0.2, 0.25) is 0 Å². The molecule has 1 heterocycles. The molecule has 38 heavy (non-hydrogen) atoms. The number of ketones is 1. The summed E-state index contributed by atoms with van der Waals surface area (Å²) in [4.78, 5) is 16.2. The number of rotatable bonds is 3. The average Bonchev–Trinajstić information content (AvgIpc) is 3.28. The van der Waals surface area contributed by atoms with E-state index in [1.54, 1.807) is 27.9 Å². The summed E-state index contributed by atoms with van der Waals surface area (Å²) in [5.41, 5.74) is 10.7. The Bertz CT molecular complexity index is 1170. The van der Waals surface area contributed by atoms with Crippen LogP contribution in [0.15, 0.2) is 33.4 Å². The minimum Gasteiger partial charge on any atom is -0.348 e. The zero-order valence-electron chi connectivity index (χ0n) is 23.5. The van der Waals surface area contributed by atoms with Gasteiger partial charge in [-0.1, -0.05) is 37.3 Å². The summed E-state index contributed by atoms with van der Waals surface area (Å²) in [7, 11) is 2.42. The number of Topliss-reactive ketones (excluding diaryl/α,β-unsaturated/α-hetero) is 1. The quantitative estimate of drug-likeness (QED) is 0.402. The highest BCUT2D eigenvalue weighted by molar-refractivity contribution is 5.88. The summed E-state index contributed by atoms with van der Waals surface area (Å²) in [6.45, 7) is 3.90. The molecule has 6 saturated carbocycles. The van der Waals surface area contributed by atoms with Gasteiger partial charge in [-0.2, -0.15) is 0 Å². The van der Waals surface area contributed by atoms with Crippen molar-refractivity contribution in [3.8, 4) is 0 Å². The zero-order chi connectivity index (χ0) is 25.4. The number of nitrogens with zero attached hydrogens (tertiary/aromatic N) is 1. The molecular formula is C34H45NO3. The second kappa shape index (κ2) is 7.95. The predicted octanol–water partition coefficient (Wildman–Crippen LogP) is 6.51. The van der Waals surface area contributed by atoms with Gasteiger partial charge in [0, 0.05) is 36.6 Å². The number of ether oxygens (including phenoxy) is 2. The van der Waals surface area contributed by atoms with Gasteiger partial charge < -0.3 is 9.47 Å². The summed E-state index contributed by atoms with van der Waals surface area (Å²) in [6.07, 6.45) is 17.2. The molecule has 1 aliphatic heterocycles. The number of carbonyl (C=O) groups excluding carboxylic acids is 1. The molecule has 9 aliphatic rings. The maximum atomic E-state index is 13.4. The first-order valence-electron chi connectivity index (χ1n) is 16.2. The van der Waals surface area contributed by atoms with E-state index in [9.17, 15) is 4.79 Å². The minimum atomic E-state index is -0.298. The van der Waals surface area contributed by atoms with E-state index in [4.69, 9.17) is 9.47 Å². The van der Waals surface area contributed by atoms with Crippen molar-refractivity contribution >= 4 is 5.78 Å². The highest BCUT2D eigenvalue weighted by atomic mass is 16.7. The first-order valence-corrected chi connectivity index (χ1v) is 16.2. The molecule has 1 spiro atoms. The molecule has 7 fully saturated rings. The van der Waals surface area contributed by atoms with Gasteiger partial charge in [0.1, 0.15) is 5.78 Å². The summed E-state index contributed by atoms with van der Waals surface area (Å²) < 4.78 is 12.4. The van der Waals surface area contributed by atoms with Gasteiger partial charge in [-0.05, 0) is 104 Å². The molecule has 1 saturated heterocycles. The van der Waals surface area contributed by atoms with Crippen molar-refractivity contribution < 1.29 is 14.3 Å². The van der Waals surface area contributed by atoms with Crippen molar-refractivity contribution in [3.05, 3.63) is 33.4 Å². The Morgan fingerprint density at radius 2 is 1.61 bits per heavy atom. The van der Waals surface area contributed by atoms with Gasteiger partial charge in [-0.15, -0.1) is 0 Å². The maximum Gasteiger partial charge on any atom is 0.169 e. The van der Waals surface area contributed by atoms with Crippen LogP contribution in [0.3, 0.4) is 0 Å². The summed E-state index contributed by atoms with van der Waals surface area (Å²) in [5, 5.41) is 0. The predicted molar refractivity (Wildman–Crippen MR) is 146 cm³/mol. The average molecular weight is 516 g/mol. The van der Waals surface area contributed by atoms with E-state index in [0.717, 1.165) is 57.8 Å². The number of likely N-dealkylation sites (N-methyl/N-ethyl adjacent to an activating group) is 1. The fourth-order valence-electron chi connectivity index (χ4n) is 11.7. The monoisotopic (exact) mass is 515 g/mol. The van der Waals surface area contributed by atoms with Gasteiger partial charge in [0.05, 0.1) is 19.3 Å². The second-order valence-corrected chi connectivity index (χ2v) is 14.9. The fraction of sp³-hybridized carbons (Fsp3) is 0.794. The van der Waals surface area contributed by atoms with Crippen molar-refractivity contribution in [2.75, 3.05) is 20.3 Å². The molecule has 0 N–H and O–H groups in total. The van der Waals surface area contributed by atoms with Gasteiger partial charge in [-0.25, -0.2) is 0 Å². The molecular weight excluding hydrogens is 470 g/mol. The third-order valence-electron chi connectivity index (χ3n) is 13.4. The van der Waals surface area contributed by atoms with Crippen LogP contribution < -0.4 is 0 Å². The normalized spacial score (nSPS) is 42.1. The van der Waals surface area contributed by atoms with E-state index >= 15 is 0 Å². The highest BCUT2D eigenvalue weighted by Crippen LogP contribution is 2.73. The SMILES string of the molecule is CN(C1CCCCC1)C1C2=C3C(=C1C2)C3C1CC2(C)C(=O)CCC2C2CCC3CC4(CCC3=C12)OCCO4. The Balaban J connectivity index is 1.07. The van der Waals surface area contributed by atoms with E-state index in [1.807, 2.05) is 5.57 Å². The van der Waals surface area contributed by atoms with Gasteiger partial charge in [0.15, 0.2) is 5.79 Å². The van der Waals surface area contributed by atoms with E-state index in [0.29, 0.717) is 41.4 Å². The summed E-state index contributed by atoms with van der Waals surface area (Å²) in [5.74, 6) is 3.36. The van der Waals surface area contributed by atoms with Crippen molar-refractivity contribution in [1.82, 2.24) is 4.90 Å². The lowest BCUT2D eigenvalue weighted by molar-refractivity contribution is -0.181. The van der Waals surface area contributed by atoms with E-state index in [2.05, 4.69) is 18.9 Å². The van der Waals surface area contributed by atoms with Crippen LogP contribution in [0.5, 0.6) is 0 Å². The van der Waals surface area contributed by atoms with Crippen LogP contribution in [-0.2, 0) is 14.3 Å². The van der Waals surface area contributed by atoms with E-state index in [1.165, 1.54) is 51.4 Å². The van der Waals surface area contributed by atoms with Crippen LogP contribution in [0.1, 0.15) is 96.8 Å². The molecule has 0 aromatic carbocycles. The van der Waals surface area contributed by atoms with Gasteiger partial charge in [0.2, 0.25) is 0 Å². The largest absolute Gasteiger partial charge is 0.348 e. The molecule has 2 bridgehead atoms. The van der Waals surface area contributed by atoms with Crippen LogP contribution in [-0.4, -0.2) is 48.8 Å². The second-order valence-electron chi connectivity index (χ2n) is 14.9. The van der Waals surface area contributed by atoms with Crippen LogP contribution in [0.25, 0.3) is 0 Å². The van der Waals surface area contributed by atoms with Crippen molar-refractivity contribution in [1.29, 1.82) is 0 Å². The fourth-order valence-corrected chi connectivity index (χ4v) is 11.7. The Labute approximate surface area is 228 Å². The van der Waals surface area contributed by atoms with Crippen molar-refractivity contribution in [2.24, 2.45) is 35.0 Å². The lowest BCUT2D eigenvalue weighted by Crippen LogP contribution is -2.48. The number of hydrogen-bond donors (Lipinski definition) is 0. The third-order valence-corrected chi connectivity index (χ3v) is 13.4. The molecule has 0 aromatic rings. The standard InChI is InChI=1S/C34H45NO3/c1-33-18-25(31-29-23-16-24(30(29)31)32(23)35(2)20-6-4-3-5-7-20)28-21-12-13-34(37-14-15-38-34)17-19(21)8-9-22(28)26(33)10-11-27(33)36/h19-20,22,25-26,31-32H,3-18H2,1-2H3. The molecule has 5 atom stereocenters. The maximum absolute atomic E-state index is 13.4. The summed E-state index contributed by atoms with van der Waals surface area (Å²) in [6, 6.07) is 1.42. The smallest absolute Gasteiger partial charge is 0.169 e. The van der Waals surface area contributed by atoms with Crippen LogP contribution in [0.4, 0.5) is 0 Å². The van der Waals surface area contributed by atoms with E-state index < -0.39 is 0 Å². The number of allylic oxidation sites excluding steroid dienone is 4. The molecule has 0 aromatic heterocycles. The van der Waals surface area contributed by atoms with Gasteiger partial charge in [0.25, 0.3) is 0 Å². The molecule has 8 aliphatic carbocycles. The Kier molecular flexibility index (Phi) is 4.91. The lowest BCUT2D eigenvalue weighted by atomic mass is 9.52. The lowest BCUT2D eigenvalue weighted by Gasteiger charge is -2.53. The van der Waals surface area contributed by atoms with E-state index in [-0.39, 0.29) is 11.2 Å². The molecule has 204 valence electrons. The van der Waals surface area contributed by atoms with Gasteiger partial charge in [-0.3, -0.25) is 9.69 Å². The molecule has 4 nitrogen and oxygen atoms in total. The van der Waals surface area contributed by atoms with Crippen molar-refractivity contribution in [3.63, 3.8) is 0 Å². The molecule has 4 heteroatoms. The first kappa shape index (κ1) is 23.5. The third kappa shape index (κ3) is 2.96. The zero-order valence-corrected chi connectivity index (χ0v) is 23.5. The van der Waals surface area contributed by atoms with Crippen LogP contribution >= 0.6 is 0 Å². The Hall–Kier alpha value is -1.23. The van der Waals surface area contributed by atoms with Crippen LogP contribution in [0, 0.1) is 35.0 Å². The molecule has 9 rings (SSSR count). The minimum absolute atomic E-state index is 0.0877. The highest BCUT2D eigenvalue weighted by Gasteiger charge is 2.65. The number of fused-ring (bicyclic) bond motifs is 7. The number of carbonyl (C=O) groups is 1. The molecule has 0 amide bonds. The number of hydrogen-bond acceptors (Lipinski definition) is 4.